The van der Waals surface area contributed by atoms with Crippen molar-refractivity contribution in [2.45, 2.75) is 6.42 Å². The minimum Gasteiger partial charge on any atom is -0.493 e. The summed E-state index contributed by atoms with van der Waals surface area (Å²) in [6.07, 6.45) is 0.140. The molecule has 0 aliphatic heterocycles. The van der Waals surface area contributed by atoms with Crippen LogP contribution in [-0.2, 0) is 4.79 Å². The van der Waals surface area contributed by atoms with E-state index in [4.69, 9.17) is 4.74 Å². The van der Waals surface area contributed by atoms with Gasteiger partial charge in [-0.1, -0.05) is 6.07 Å². The maximum absolute atomic E-state index is 12.7. The fourth-order valence-corrected chi connectivity index (χ4v) is 1.90. The molecule has 0 spiro atoms. The molecule has 0 aromatic heterocycles. The van der Waals surface area contributed by atoms with E-state index < -0.39 is 0 Å². The molecule has 0 aliphatic rings. The van der Waals surface area contributed by atoms with E-state index in [1.165, 1.54) is 24.3 Å². The van der Waals surface area contributed by atoms with Crippen molar-refractivity contribution in [3.05, 3.63) is 59.9 Å². The first-order valence-corrected chi connectivity index (χ1v) is 7.09. The molecular formula is C17H17FN2O3. The van der Waals surface area contributed by atoms with E-state index in [9.17, 15) is 14.0 Å². The molecule has 2 amide bonds. The summed E-state index contributed by atoms with van der Waals surface area (Å²) in [6, 6.07) is 12.2. The second kappa shape index (κ2) is 7.93. The number of hydrogen-bond donors (Lipinski definition) is 2. The molecule has 120 valence electrons. The molecule has 0 aliphatic carbocycles. The van der Waals surface area contributed by atoms with E-state index >= 15 is 0 Å². The van der Waals surface area contributed by atoms with E-state index in [1.54, 1.807) is 31.3 Å². The highest BCUT2D eigenvalue weighted by Crippen LogP contribution is 2.13. The largest absolute Gasteiger partial charge is 0.493 e. The van der Waals surface area contributed by atoms with Crippen molar-refractivity contribution < 1.29 is 18.7 Å². The quantitative estimate of drug-likeness (QED) is 0.861. The van der Waals surface area contributed by atoms with Crippen LogP contribution in [0.1, 0.15) is 16.8 Å². The molecule has 2 aromatic carbocycles. The number of ether oxygens (including phenoxy) is 1. The van der Waals surface area contributed by atoms with Crippen molar-refractivity contribution in [2.75, 3.05) is 19.0 Å². The van der Waals surface area contributed by atoms with Gasteiger partial charge in [-0.3, -0.25) is 9.59 Å². The average molecular weight is 316 g/mol. The highest BCUT2D eigenvalue weighted by atomic mass is 19.1. The van der Waals surface area contributed by atoms with Gasteiger partial charge in [0, 0.05) is 18.3 Å². The van der Waals surface area contributed by atoms with Crippen LogP contribution in [0.3, 0.4) is 0 Å². The highest BCUT2D eigenvalue weighted by molar-refractivity contribution is 5.97. The zero-order valence-corrected chi connectivity index (χ0v) is 12.6. The predicted molar refractivity (Wildman–Crippen MR) is 85.0 cm³/mol. The van der Waals surface area contributed by atoms with E-state index in [0.717, 1.165) is 0 Å². The summed E-state index contributed by atoms with van der Waals surface area (Å²) in [7, 11) is 1.54. The van der Waals surface area contributed by atoms with Crippen LogP contribution in [0.5, 0.6) is 5.75 Å². The van der Waals surface area contributed by atoms with Gasteiger partial charge in [0.05, 0.1) is 13.0 Å². The van der Waals surface area contributed by atoms with Crippen molar-refractivity contribution in [2.24, 2.45) is 0 Å². The van der Waals surface area contributed by atoms with Crippen molar-refractivity contribution in [3.8, 4) is 5.75 Å². The summed E-state index contributed by atoms with van der Waals surface area (Å²) in [6.45, 7) is 0.173. The minimum absolute atomic E-state index is 0.140. The molecule has 0 bridgehead atoms. The van der Waals surface area contributed by atoms with Crippen LogP contribution in [-0.4, -0.2) is 25.5 Å². The molecule has 0 heterocycles. The molecule has 0 saturated heterocycles. The lowest BCUT2D eigenvalue weighted by Crippen LogP contribution is -2.19. The third-order valence-corrected chi connectivity index (χ3v) is 3.05. The number of halogens is 1. The van der Waals surface area contributed by atoms with Crippen molar-refractivity contribution in [1.29, 1.82) is 0 Å². The SMILES string of the molecule is CNC(=O)c1cccc(NC(=O)CCOc2ccc(F)cc2)c1. The van der Waals surface area contributed by atoms with Crippen molar-refractivity contribution in [3.63, 3.8) is 0 Å². The number of amides is 2. The molecule has 0 radical (unpaired) electrons. The normalized spacial score (nSPS) is 10.0. The molecule has 0 atom stereocenters. The standard InChI is InChI=1S/C17H17FN2O3/c1-19-17(22)12-3-2-4-14(11-12)20-16(21)9-10-23-15-7-5-13(18)6-8-15/h2-8,11H,9-10H2,1H3,(H,19,22)(H,20,21). The molecule has 2 rings (SSSR count). The predicted octanol–water partition coefficient (Wildman–Crippen LogP) is 2.59. The maximum Gasteiger partial charge on any atom is 0.251 e. The Morgan fingerprint density at radius 3 is 2.57 bits per heavy atom. The zero-order chi connectivity index (χ0) is 16.7. The Kier molecular flexibility index (Phi) is 5.68. The molecule has 0 saturated carbocycles. The molecule has 6 heteroatoms. The molecule has 2 aromatic rings. The Labute approximate surface area is 133 Å². The monoisotopic (exact) mass is 316 g/mol. The summed E-state index contributed by atoms with van der Waals surface area (Å²) in [5, 5.41) is 5.22. The number of nitrogens with one attached hydrogen (secondary N) is 2. The Morgan fingerprint density at radius 1 is 1.13 bits per heavy atom. The lowest BCUT2D eigenvalue weighted by molar-refractivity contribution is -0.116. The number of rotatable bonds is 6. The second-order valence-electron chi connectivity index (χ2n) is 4.76. The van der Waals surface area contributed by atoms with Gasteiger partial charge < -0.3 is 15.4 Å². The summed E-state index contributed by atoms with van der Waals surface area (Å²) in [5.74, 6) is -0.297. The third kappa shape index (κ3) is 5.10. The Morgan fingerprint density at radius 2 is 1.87 bits per heavy atom. The van der Waals surface area contributed by atoms with Crippen LogP contribution >= 0.6 is 0 Å². The fourth-order valence-electron chi connectivity index (χ4n) is 1.90. The molecule has 5 nitrogen and oxygen atoms in total. The first-order valence-electron chi connectivity index (χ1n) is 7.09. The lowest BCUT2D eigenvalue weighted by Gasteiger charge is -2.08. The van der Waals surface area contributed by atoms with Gasteiger partial charge in [-0.15, -0.1) is 0 Å². The number of carbonyl (C=O) groups excluding carboxylic acids is 2. The third-order valence-electron chi connectivity index (χ3n) is 3.05. The van der Waals surface area contributed by atoms with Gasteiger partial charge in [0.25, 0.3) is 5.91 Å². The van der Waals surface area contributed by atoms with Crippen LogP contribution in [0.4, 0.5) is 10.1 Å². The molecule has 23 heavy (non-hydrogen) atoms. The Bertz CT molecular complexity index is 686. The van der Waals surface area contributed by atoms with Crippen LogP contribution < -0.4 is 15.4 Å². The highest BCUT2D eigenvalue weighted by Gasteiger charge is 2.07. The van der Waals surface area contributed by atoms with E-state index in [-0.39, 0.29) is 30.7 Å². The first-order chi connectivity index (χ1) is 11.1. The maximum atomic E-state index is 12.7. The van der Waals surface area contributed by atoms with E-state index in [1.807, 2.05) is 0 Å². The van der Waals surface area contributed by atoms with Gasteiger partial charge in [-0.05, 0) is 42.5 Å². The summed E-state index contributed by atoms with van der Waals surface area (Å²) in [4.78, 5) is 23.4. The first kappa shape index (κ1) is 16.5. The summed E-state index contributed by atoms with van der Waals surface area (Å²) >= 11 is 0. The fraction of sp³-hybridized carbons (Fsp3) is 0.176. The van der Waals surface area contributed by atoms with Crippen LogP contribution in [0.15, 0.2) is 48.5 Å². The second-order valence-corrected chi connectivity index (χ2v) is 4.76. The van der Waals surface area contributed by atoms with Gasteiger partial charge in [0.2, 0.25) is 5.91 Å². The minimum atomic E-state index is -0.342. The molecular weight excluding hydrogens is 299 g/mol. The number of carbonyl (C=O) groups is 2. The summed E-state index contributed by atoms with van der Waals surface area (Å²) < 4.78 is 18.1. The smallest absolute Gasteiger partial charge is 0.251 e. The lowest BCUT2D eigenvalue weighted by atomic mass is 10.2. The van der Waals surface area contributed by atoms with Crippen molar-refractivity contribution >= 4 is 17.5 Å². The van der Waals surface area contributed by atoms with Crippen molar-refractivity contribution in [1.82, 2.24) is 5.32 Å². The summed E-state index contributed by atoms with van der Waals surface area (Å²) in [5.41, 5.74) is 1.01. The number of hydrogen-bond acceptors (Lipinski definition) is 3. The molecule has 2 N–H and O–H groups in total. The van der Waals surface area contributed by atoms with Gasteiger partial charge in [-0.25, -0.2) is 4.39 Å². The van der Waals surface area contributed by atoms with Gasteiger partial charge in [0.15, 0.2) is 0 Å². The van der Waals surface area contributed by atoms with Gasteiger partial charge in [-0.2, -0.15) is 0 Å². The number of anilines is 1. The van der Waals surface area contributed by atoms with E-state index in [0.29, 0.717) is 17.0 Å². The Balaban J connectivity index is 1.82. The Hall–Kier alpha value is -2.89. The van der Waals surface area contributed by atoms with Crippen LogP contribution in [0.2, 0.25) is 0 Å². The van der Waals surface area contributed by atoms with Crippen LogP contribution in [0, 0.1) is 5.82 Å². The van der Waals surface area contributed by atoms with Gasteiger partial charge in [0.1, 0.15) is 11.6 Å². The van der Waals surface area contributed by atoms with E-state index in [2.05, 4.69) is 10.6 Å². The zero-order valence-electron chi connectivity index (χ0n) is 12.6. The van der Waals surface area contributed by atoms with Gasteiger partial charge >= 0.3 is 0 Å². The van der Waals surface area contributed by atoms with Crippen LogP contribution in [0.25, 0.3) is 0 Å². The average Bonchev–Trinajstić information content (AvgIpc) is 2.56. The molecule has 0 unspecified atom stereocenters. The molecule has 0 fully saturated rings. The topological polar surface area (TPSA) is 67.4 Å². The number of benzene rings is 2.